The minimum Gasteiger partial charge on any atom is -0.477 e. The van der Waals surface area contributed by atoms with E-state index >= 15 is 0 Å². The first-order chi connectivity index (χ1) is 9.08. The Morgan fingerprint density at radius 3 is 3.00 bits per heavy atom. The van der Waals surface area contributed by atoms with E-state index < -0.39 is 5.97 Å². The summed E-state index contributed by atoms with van der Waals surface area (Å²) in [4.78, 5) is 17.6. The maximum atomic E-state index is 11.1. The second-order valence-electron chi connectivity index (χ2n) is 5.05. The molecule has 1 aromatic heterocycles. The van der Waals surface area contributed by atoms with Crippen LogP contribution < -0.4 is 4.74 Å². The molecule has 1 N–H and O–H groups in total. The third-order valence-electron chi connectivity index (χ3n) is 3.56. The number of pyridine rings is 1. The second-order valence-corrected chi connectivity index (χ2v) is 5.05. The van der Waals surface area contributed by atoms with E-state index in [2.05, 4.69) is 16.9 Å². The van der Waals surface area contributed by atoms with Gasteiger partial charge in [0.2, 0.25) is 5.88 Å². The van der Waals surface area contributed by atoms with Gasteiger partial charge in [0.15, 0.2) is 0 Å². The Kier molecular flexibility index (Phi) is 4.37. The van der Waals surface area contributed by atoms with Crippen molar-refractivity contribution in [3.63, 3.8) is 0 Å². The predicted octanol–water partition coefficient (Wildman–Crippen LogP) is 1.95. The average Bonchev–Trinajstić information content (AvgIpc) is 2.37. The lowest BCUT2D eigenvalue weighted by atomic mass is 10.0. The molecule has 0 aromatic carbocycles. The highest BCUT2D eigenvalue weighted by Gasteiger charge is 2.21. The van der Waals surface area contributed by atoms with Gasteiger partial charge in [-0.25, -0.2) is 9.78 Å². The number of aromatic carboxylic acids is 1. The lowest BCUT2D eigenvalue weighted by Gasteiger charge is -2.32. The molecule has 1 saturated heterocycles. The van der Waals surface area contributed by atoms with E-state index in [1.807, 2.05) is 6.92 Å². The van der Waals surface area contributed by atoms with E-state index in [1.165, 1.54) is 12.8 Å². The normalized spacial score (nSPS) is 20.2. The molecule has 2 rings (SSSR count). The summed E-state index contributed by atoms with van der Waals surface area (Å²) in [5.74, 6) is -0.772. The van der Waals surface area contributed by atoms with Gasteiger partial charge < -0.3 is 14.7 Å². The van der Waals surface area contributed by atoms with Gasteiger partial charge in [-0.1, -0.05) is 6.42 Å². The summed E-state index contributed by atoms with van der Waals surface area (Å²) in [6.07, 6.45) is 3.51. The standard InChI is InChI=1S/C14H20N2O3/c1-10-6-7-12(14(17)18)13(15-10)19-9-11-5-3-4-8-16(11)2/h6-7,11H,3-5,8-9H2,1-2H3,(H,17,18). The Labute approximate surface area is 113 Å². The van der Waals surface area contributed by atoms with Crippen LogP contribution >= 0.6 is 0 Å². The Balaban J connectivity index is 2.05. The summed E-state index contributed by atoms with van der Waals surface area (Å²) in [7, 11) is 2.08. The average molecular weight is 264 g/mol. The highest BCUT2D eigenvalue weighted by molar-refractivity contribution is 5.90. The number of ether oxygens (including phenoxy) is 1. The molecular weight excluding hydrogens is 244 g/mol. The quantitative estimate of drug-likeness (QED) is 0.900. The number of aryl methyl sites for hydroxylation is 1. The topological polar surface area (TPSA) is 62.7 Å². The highest BCUT2D eigenvalue weighted by Crippen LogP contribution is 2.19. The Morgan fingerprint density at radius 2 is 2.32 bits per heavy atom. The third-order valence-corrected chi connectivity index (χ3v) is 3.56. The third kappa shape index (κ3) is 3.44. The number of carbonyl (C=O) groups is 1. The van der Waals surface area contributed by atoms with Gasteiger partial charge in [-0.05, 0) is 45.5 Å². The zero-order valence-electron chi connectivity index (χ0n) is 11.4. The van der Waals surface area contributed by atoms with Crippen molar-refractivity contribution in [1.82, 2.24) is 9.88 Å². The first-order valence-corrected chi connectivity index (χ1v) is 6.62. The van der Waals surface area contributed by atoms with Crippen molar-refractivity contribution in [2.75, 3.05) is 20.2 Å². The number of carboxylic acids is 1. The van der Waals surface area contributed by atoms with Crippen LogP contribution in [0, 0.1) is 6.92 Å². The number of aromatic nitrogens is 1. The van der Waals surface area contributed by atoms with Crippen LogP contribution in [0.2, 0.25) is 0 Å². The number of hydrogen-bond donors (Lipinski definition) is 1. The molecule has 0 amide bonds. The lowest BCUT2D eigenvalue weighted by molar-refractivity contribution is 0.0686. The van der Waals surface area contributed by atoms with E-state index in [1.54, 1.807) is 12.1 Å². The van der Waals surface area contributed by atoms with Crippen molar-refractivity contribution in [3.8, 4) is 5.88 Å². The van der Waals surface area contributed by atoms with Crippen LogP contribution in [-0.2, 0) is 0 Å². The van der Waals surface area contributed by atoms with Gasteiger partial charge in [-0.2, -0.15) is 0 Å². The Hall–Kier alpha value is -1.62. The van der Waals surface area contributed by atoms with Crippen LogP contribution in [0.15, 0.2) is 12.1 Å². The van der Waals surface area contributed by atoms with Gasteiger partial charge >= 0.3 is 5.97 Å². The van der Waals surface area contributed by atoms with Gasteiger partial charge in [-0.3, -0.25) is 0 Å². The van der Waals surface area contributed by atoms with Gasteiger partial charge in [0.05, 0.1) is 0 Å². The van der Waals surface area contributed by atoms with E-state index in [4.69, 9.17) is 9.84 Å². The number of nitrogens with zero attached hydrogens (tertiary/aromatic N) is 2. The summed E-state index contributed by atoms with van der Waals surface area (Å²) >= 11 is 0. The van der Waals surface area contributed by atoms with Crippen LogP contribution in [0.3, 0.4) is 0 Å². The summed E-state index contributed by atoms with van der Waals surface area (Å²) in [5.41, 5.74) is 0.890. The SMILES string of the molecule is Cc1ccc(C(=O)O)c(OCC2CCCCN2C)n1. The van der Waals surface area contributed by atoms with E-state index in [9.17, 15) is 4.79 Å². The summed E-state index contributed by atoms with van der Waals surface area (Å²) in [6.45, 7) is 3.39. The van der Waals surface area contributed by atoms with Gasteiger partial charge in [0.25, 0.3) is 0 Å². The number of likely N-dealkylation sites (N-methyl/N-ethyl adjacent to an activating group) is 1. The van der Waals surface area contributed by atoms with Gasteiger partial charge in [0, 0.05) is 11.7 Å². The Morgan fingerprint density at radius 1 is 1.53 bits per heavy atom. The van der Waals surface area contributed by atoms with Crippen molar-refractivity contribution in [3.05, 3.63) is 23.4 Å². The maximum absolute atomic E-state index is 11.1. The molecule has 0 bridgehead atoms. The maximum Gasteiger partial charge on any atom is 0.341 e. The van der Waals surface area contributed by atoms with E-state index in [0.29, 0.717) is 12.6 Å². The minimum atomic E-state index is -1.00. The van der Waals surface area contributed by atoms with Crippen molar-refractivity contribution in [2.24, 2.45) is 0 Å². The van der Waals surface area contributed by atoms with Gasteiger partial charge in [0.1, 0.15) is 12.2 Å². The summed E-state index contributed by atoms with van der Waals surface area (Å²) in [5, 5.41) is 9.12. The molecule has 5 heteroatoms. The van der Waals surface area contributed by atoms with Crippen molar-refractivity contribution >= 4 is 5.97 Å². The van der Waals surface area contributed by atoms with Crippen LogP contribution in [0.25, 0.3) is 0 Å². The number of piperidine rings is 1. The van der Waals surface area contributed by atoms with E-state index in [0.717, 1.165) is 18.7 Å². The largest absolute Gasteiger partial charge is 0.477 e. The molecule has 0 aliphatic carbocycles. The molecule has 19 heavy (non-hydrogen) atoms. The molecule has 5 nitrogen and oxygen atoms in total. The molecule has 1 aromatic rings. The fourth-order valence-corrected chi connectivity index (χ4v) is 2.34. The Bertz CT molecular complexity index is 462. The molecular formula is C14H20N2O3. The van der Waals surface area contributed by atoms with Crippen molar-refractivity contribution < 1.29 is 14.6 Å². The van der Waals surface area contributed by atoms with E-state index in [-0.39, 0.29) is 11.4 Å². The van der Waals surface area contributed by atoms with Crippen molar-refractivity contribution in [1.29, 1.82) is 0 Å². The molecule has 1 atom stereocenters. The predicted molar refractivity (Wildman–Crippen MR) is 71.7 cm³/mol. The first-order valence-electron chi connectivity index (χ1n) is 6.62. The van der Waals surface area contributed by atoms with Crippen LogP contribution in [-0.4, -0.2) is 47.2 Å². The molecule has 1 fully saturated rings. The monoisotopic (exact) mass is 264 g/mol. The molecule has 104 valence electrons. The molecule has 1 aliphatic rings. The molecule has 0 spiro atoms. The number of carboxylic acid groups (broad SMARTS) is 1. The molecule has 0 saturated carbocycles. The number of likely N-dealkylation sites (tertiary alicyclic amines) is 1. The zero-order chi connectivity index (χ0) is 13.8. The second kappa shape index (κ2) is 6.02. The van der Waals surface area contributed by atoms with Crippen LogP contribution in [0.5, 0.6) is 5.88 Å². The summed E-state index contributed by atoms with van der Waals surface area (Å²) in [6, 6.07) is 3.57. The highest BCUT2D eigenvalue weighted by atomic mass is 16.5. The van der Waals surface area contributed by atoms with Crippen LogP contribution in [0.4, 0.5) is 0 Å². The minimum absolute atomic E-state index is 0.129. The smallest absolute Gasteiger partial charge is 0.341 e. The lowest BCUT2D eigenvalue weighted by Crippen LogP contribution is -2.40. The fraction of sp³-hybridized carbons (Fsp3) is 0.571. The summed E-state index contributed by atoms with van der Waals surface area (Å²) < 4.78 is 5.66. The molecule has 0 radical (unpaired) electrons. The number of hydrogen-bond acceptors (Lipinski definition) is 4. The van der Waals surface area contributed by atoms with Crippen molar-refractivity contribution in [2.45, 2.75) is 32.2 Å². The number of rotatable bonds is 4. The fourth-order valence-electron chi connectivity index (χ4n) is 2.34. The zero-order valence-corrected chi connectivity index (χ0v) is 11.4. The first kappa shape index (κ1) is 13.8. The molecule has 1 aliphatic heterocycles. The molecule has 2 heterocycles. The van der Waals surface area contributed by atoms with Gasteiger partial charge in [-0.15, -0.1) is 0 Å². The van der Waals surface area contributed by atoms with Crippen LogP contribution in [0.1, 0.15) is 35.3 Å². The molecule has 1 unspecified atom stereocenters.